The monoisotopic (exact) mass is 253 g/mol. The van der Waals surface area contributed by atoms with Crippen molar-refractivity contribution in [3.8, 4) is 5.75 Å². The highest BCUT2D eigenvalue weighted by Crippen LogP contribution is 2.16. The molecule has 3 rings (SSSR count). The number of nitrogens with zero attached hydrogens (tertiary/aromatic N) is 1. The normalized spacial score (nSPS) is 10.6. The molecule has 2 aromatic heterocycles. The summed E-state index contributed by atoms with van der Waals surface area (Å²) >= 11 is 0. The zero-order chi connectivity index (χ0) is 13.1. The minimum Gasteiger partial charge on any atom is -0.497 e. The highest BCUT2D eigenvalue weighted by atomic mass is 16.5. The first-order valence-corrected chi connectivity index (χ1v) is 6.16. The van der Waals surface area contributed by atoms with Gasteiger partial charge in [0.05, 0.1) is 7.11 Å². The van der Waals surface area contributed by atoms with Gasteiger partial charge in [-0.05, 0) is 35.9 Å². The molecule has 2 N–H and O–H groups in total. The highest BCUT2D eigenvalue weighted by Gasteiger charge is 2.00. The number of methoxy groups -OCH3 is 1. The molecule has 0 saturated carbocycles. The summed E-state index contributed by atoms with van der Waals surface area (Å²) in [4.78, 5) is 7.60. The molecule has 0 bridgehead atoms. The van der Waals surface area contributed by atoms with Gasteiger partial charge in [-0.1, -0.05) is 12.1 Å². The largest absolute Gasteiger partial charge is 0.497 e. The fourth-order valence-electron chi connectivity index (χ4n) is 2.00. The molecule has 1 aromatic carbocycles. The maximum Gasteiger partial charge on any atom is 0.139 e. The van der Waals surface area contributed by atoms with Crippen LogP contribution < -0.4 is 10.1 Å². The van der Waals surface area contributed by atoms with Crippen LogP contribution in [0.15, 0.2) is 48.7 Å². The van der Waals surface area contributed by atoms with Crippen LogP contribution in [0.2, 0.25) is 0 Å². The molecule has 0 amide bonds. The molecule has 0 spiro atoms. The average molecular weight is 253 g/mol. The number of aromatic nitrogens is 2. The molecule has 0 fully saturated rings. The van der Waals surface area contributed by atoms with E-state index in [2.05, 4.69) is 21.4 Å². The number of aromatic amines is 1. The minimum absolute atomic E-state index is 0.719. The molecule has 0 radical (unpaired) electrons. The predicted molar refractivity (Wildman–Crippen MR) is 76.4 cm³/mol. The fourth-order valence-corrected chi connectivity index (χ4v) is 2.00. The van der Waals surface area contributed by atoms with Crippen LogP contribution in [-0.4, -0.2) is 17.1 Å². The van der Waals surface area contributed by atoms with E-state index < -0.39 is 0 Å². The van der Waals surface area contributed by atoms with E-state index in [4.69, 9.17) is 4.74 Å². The van der Waals surface area contributed by atoms with Crippen molar-refractivity contribution in [3.05, 3.63) is 54.2 Å². The number of pyridine rings is 1. The Morgan fingerprint density at radius 1 is 1.21 bits per heavy atom. The van der Waals surface area contributed by atoms with E-state index in [1.165, 1.54) is 0 Å². The summed E-state index contributed by atoms with van der Waals surface area (Å²) < 4.78 is 5.21. The summed E-state index contributed by atoms with van der Waals surface area (Å²) in [6.45, 7) is 0.719. The van der Waals surface area contributed by atoms with Crippen molar-refractivity contribution in [2.45, 2.75) is 6.54 Å². The van der Waals surface area contributed by atoms with Gasteiger partial charge in [-0.2, -0.15) is 0 Å². The number of rotatable bonds is 4. The molecule has 0 aliphatic carbocycles. The van der Waals surface area contributed by atoms with Crippen LogP contribution in [0.3, 0.4) is 0 Å². The Bertz CT molecular complexity index is 690. The van der Waals surface area contributed by atoms with Crippen molar-refractivity contribution in [2.24, 2.45) is 0 Å². The van der Waals surface area contributed by atoms with Gasteiger partial charge in [0.1, 0.15) is 17.2 Å². The molecule has 3 aromatic rings. The van der Waals surface area contributed by atoms with Gasteiger partial charge >= 0.3 is 0 Å². The Morgan fingerprint density at radius 3 is 3.05 bits per heavy atom. The van der Waals surface area contributed by atoms with E-state index in [1.807, 2.05) is 42.6 Å². The first-order chi connectivity index (χ1) is 9.35. The lowest BCUT2D eigenvalue weighted by Crippen LogP contribution is -2.01. The third-order valence-corrected chi connectivity index (χ3v) is 3.02. The van der Waals surface area contributed by atoms with Crippen LogP contribution in [0.5, 0.6) is 5.75 Å². The van der Waals surface area contributed by atoms with Gasteiger partial charge in [0.15, 0.2) is 0 Å². The molecular formula is C15H15N3O. The first-order valence-electron chi connectivity index (χ1n) is 6.16. The zero-order valence-electron chi connectivity index (χ0n) is 10.7. The molecule has 2 heterocycles. The third-order valence-electron chi connectivity index (χ3n) is 3.02. The average Bonchev–Trinajstić information content (AvgIpc) is 2.93. The summed E-state index contributed by atoms with van der Waals surface area (Å²) in [6, 6.07) is 14.0. The molecule has 0 aliphatic rings. The topological polar surface area (TPSA) is 49.9 Å². The number of anilines is 1. The van der Waals surface area contributed by atoms with Gasteiger partial charge in [-0.3, -0.25) is 0 Å². The molecular weight excluding hydrogens is 238 g/mol. The highest BCUT2D eigenvalue weighted by molar-refractivity contribution is 5.77. The Morgan fingerprint density at radius 2 is 2.16 bits per heavy atom. The molecule has 4 heteroatoms. The van der Waals surface area contributed by atoms with Gasteiger partial charge in [-0.25, -0.2) is 4.98 Å². The van der Waals surface area contributed by atoms with Crippen LogP contribution in [0.4, 0.5) is 5.82 Å². The van der Waals surface area contributed by atoms with Crippen molar-refractivity contribution < 1.29 is 4.74 Å². The number of hydrogen-bond donors (Lipinski definition) is 2. The molecule has 4 nitrogen and oxygen atoms in total. The molecule has 0 unspecified atom stereocenters. The van der Waals surface area contributed by atoms with E-state index in [0.29, 0.717) is 0 Å². The SMILES string of the molecule is COc1cccc(CNc2ccc3cc[nH]c3n2)c1. The Kier molecular flexibility index (Phi) is 3.06. The first kappa shape index (κ1) is 11.6. The maximum atomic E-state index is 5.21. The van der Waals surface area contributed by atoms with Gasteiger partial charge in [0, 0.05) is 18.1 Å². The van der Waals surface area contributed by atoms with Gasteiger partial charge < -0.3 is 15.0 Å². The predicted octanol–water partition coefficient (Wildman–Crippen LogP) is 3.18. The lowest BCUT2D eigenvalue weighted by Gasteiger charge is -2.07. The Hall–Kier alpha value is -2.49. The van der Waals surface area contributed by atoms with Gasteiger partial charge in [-0.15, -0.1) is 0 Å². The van der Waals surface area contributed by atoms with Crippen LogP contribution in [0, 0.1) is 0 Å². The number of benzene rings is 1. The van der Waals surface area contributed by atoms with Crippen molar-refractivity contribution in [1.82, 2.24) is 9.97 Å². The summed E-state index contributed by atoms with van der Waals surface area (Å²) in [6.07, 6.45) is 1.89. The van der Waals surface area contributed by atoms with Crippen molar-refractivity contribution >= 4 is 16.9 Å². The van der Waals surface area contributed by atoms with Gasteiger partial charge in [0.2, 0.25) is 0 Å². The number of ether oxygens (including phenoxy) is 1. The molecule has 0 saturated heterocycles. The van der Waals surface area contributed by atoms with E-state index in [1.54, 1.807) is 7.11 Å². The van der Waals surface area contributed by atoms with Crippen LogP contribution in [0.1, 0.15) is 5.56 Å². The maximum absolute atomic E-state index is 5.21. The van der Waals surface area contributed by atoms with Gasteiger partial charge in [0.25, 0.3) is 0 Å². The van der Waals surface area contributed by atoms with E-state index in [9.17, 15) is 0 Å². The summed E-state index contributed by atoms with van der Waals surface area (Å²) in [7, 11) is 1.67. The second kappa shape index (κ2) is 5.02. The van der Waals surface area contributed by atoms with Crippen molar-refractivity contribution in [3.63, 3.8) is 0 Å². The van der Waals surface area contributed by atoms with Crippen molar-refractivity contribution in [2.75, 3.05) is 12.4 Å². The summed E-state index contributed by atoms with van der Waals surface area (Å²) in [5.74, 6) is 1.73. The second-order valence-electron chi connectivity index (χ2n) is 4.32. The number of hydrogen-bond acceptors (Lipinski definition) is 3. The molecule has 0 atom stereocenters. The van der Waals surface area contributed by atoms with Crippen molar-refractivity contribution in [1.29, 1.82) is 0 Å². The summed E-state index contributed by atoms with van der Waals surface area (Å²) in [5, 5.41) is 4.43. The van der Waals surface area contributed by atoms with Crippen LogP contribution >= 0.6 is 0 Å². The lowest BCUT2D eigenvalue weighted by atomic mass is 10.2. The van der Waals surface area contributed by atoms with E-state index in [0.717, 1.165) is 34.7 Å². The van der Waals surface area contributed by atoms with Crippen LogP contribution in [-0.2, 0) is 6.54 Å². The zero-order valence-corrected chi connectivity index (χ0v) is 10.7. The number of fused-ring (bicyclic) bond motifs is 1. The Labute approximate surface area is 111 Å². The Balaban J connectivity index is 1.74. The number of nitrogens with one attached hydrogen (secondary N) is 2. The minimum atomic E-state index is 0.719. The van der Waals surface area contributed by atoms with E-state index >= 15 is 0 Å². The lowest BCUT2D eigenvalue weighted by molar-refractivity contribution is 0.414. The summed E-state index contributed by atoms with van der Waals surface area (Å²) in [5.41, 5.74) is 2.06. The molecule has 96 valence electrons. The standard InChI is InChI=1S/C15H15N3O/c1-19-13-4-2-3-11(9-13)10-17-14-6-5-12-7-8-16-15(12)18-14/h2-9H,10H2,1H3,(H2,16,17,18). The molecule has 0 aliphatic heterocycles. The fraction of sp³-hybridized carbons (Fsp3) is 0.133. The quantitative estimate of drug-likeness (QED) is 0.750. The molecule has 19 heavy (non-hydrogen) atoms. The second-order valence-corrected chi connectivity index (χ2v) is 4.32. The van der Waals surface area contributed by atoms with E-state index in [-0.39, 0.29) is 0 Å². The number of H-pyrrole nitrogens is 1. The van der Waals surface area contributed by atoms with Crippen LogP contribution in [0.25, 0.3) is 11.0 Å². The third kappa shape index (κ3) is 2.52. The smallest absolute Gasteiger partial charge is 0.139 e.